The molecule has 2 fully saturated rings. The number of fused-ring (bicyclic) bond motifs is 1. The van der Waals surface area contributed by atoms with E-state index in [4.69, 9.17) is 0 Å². The minimum Gasteiger partial charge on any atom is -0.368 e. The van der Waals surface area contributed by atoms with Gasteiger partial charge in [0, 0.05) is 60.7 Å². The van der Waals surface area contributed by atoms with E-state index in [0.29, 0.717) is 0 Å². The molecule has 2 aromatic rings. The van der Waals surface area contributed by atoms with Crippen molar-refractivity contribution in [3.8, 4) is 0 Å². The second-order valence-corrected chi connectivity index (χ2v) is 6.96. The number of thiophene rings is 1. The van der Waals surface area contributed by atoms with Crippen LogP contribution in [-0.2, 0) is 0 Å². The summed E-state index contributed by atoms with van der Waals surface area (Å²) in [5.74, 6) is 0. The molecule has 1 aromatic heterocycles. The van der Waals surface area contributed by atoms with E-state index >= 15 is 0 Å². The molecule has 3 heterocycles. The van der Waals surface area contributed by atoms with Crippen molar-refractivity contribution in [2.75, 3.05) is 62.8 Å². The van der Waals surface area contributed by atoms with Gasteiger partial charge in [-0.2, -0.15) is 0 Å². The molecule has 1 aromatic carbocycles. The maximum Gasteiger partial charge on any atom is 0.0683 e. The Bertz CT molecular complexity index is 624. The van der Waals surface area contributed by atoms with E-state index in [-0.39, 0.29) is 0 Å². The van der Waals surface area contributed by atoms with Gasteiger partial charge in [0.2, 0.25) is 0 Å². The molecule has 0 aliphatic carbocycles. The molecule has 0 unspecified atom stereocenters. The lowest BCUT2D eigenvalue weighted by atomic mass is 10.1. The van der Waals surface area contributed by atoms with E-state index < -0.39 is 0 Å². The third kappa shape index (κ3) is 2.50. The van der Waals surface area contributed by atoms with Gasteiger partial charge in [0.15, 0.2) is 0 Å². The summed E-state index contributed by atoms with van der Waals surface area (Å²) in [4.78, 5) is 7.41. The minimum absolute atomic E-state index is 0.971. The summed E-state index contributed by atoms with van der Waals surface area (Å²) in [6.07, 6.45) is 0. The maximum absolute atomic E-state index is 3.43. The van der Waals surface area contributed by atoms with Gasteiger partial charge in [0.25, 0.3) is 0 Å². The van der Waals surface area contributed by atoms with Gasteiger partial charge >= 0.3 is 0 Å². The second kappa shape index (κ2) is 5.48. The topological polar surface area (TPSA) is 21.8 Å². The van der Waals surface area contributed by atoms with Crippen molar-refractivity contribution in [3.63, 3.8) is 0 Å². The quantitative estimate of drug-likeness (QED) is 0.916. The monoisotopic (exact) mass is 302 g/mol. The van der Waals surface area contributed by atoms with Gasteiger partial charge in [-0.25, -0.2) is 0 Å². The highest BCUT2D eigenvalue weighted by Gasteiger charge is 2.20. The molecule has 21 heavy (non-hydrogen) atoms. The third-order valence-electron chi connectivity index (χ3n) is 4.60. The predicted octanol–water partition coefficient (Wildman–Crippen LogP) is 2.02. The SMILES string of the molecule is CN1CCN(c2cc(N3CCNC3)cc3sccc23)CC1. The van der Waals surface area contributed by atoms with E-state index in [0.717, 1.165) is 45.9 Å². The number of hydrogen-bond acceptors (Lipinski definition) is 5. The molecule has 0 amide bonds. The summed E-state index contributed by atoms with van der Waals surface area (Å²) in [5, 5.41) is 7.06. The summed E-state index contributed by atoms with van der Waals surface area (Å²) in [6, 6.07) is 7.03. The Morgan fingerprint density at radius 1 is 1.05 bits per heavy atom. The highest BCUT2D eigenvalue weighted by molar-refractivity contribution is 7.17. The van der Waals surface area contributed by atoms with Crippen LogP contribution in [0.4, 0.5) is 11.4 Å². The van der Waals surface area contributed by atoms with Crippen LogP contribution in [0.5, 0.6) is 0 Å². The van der Waals surface area contributed by atoms with Gasteiger partial charge in [0.1, 0.15) is 0 Å². The standard InChI is InChI=1S/C16H22N4S/c1-18-5-7-19(8-6-18)15-10-13(20-4-3-17-12-20)11-16-14(15)2-9-21-16/h2,9-11,17H,3-8,12H2,1H3. The lowest BCUT2D eigenvalue weighted by Gasteiger charge is -2.35. The van der Waals surface area contributed by atoms with Crippen LogP contribution in [0.2, 0.25) is 0 Å². The van der Waals surface area contributed by atoms with Gasteiger partial charge in [0.05, 0.1) is 6.67 Å². The Balaban J connectivity index is 1.73. The van der Waals surface area contributed by atoms with Crippen molar-refractivity contribution in [3.05, 3.63) is 23.6 Å². The van der Waals surface area contributed by atoms with Crippen LogP contribution in [0.3, 0.4) is 0 Å². The number of likely N-dealkylation sites (N-methyl/N-ethyl adjacent to an activating group) is 1. The molecule has 1 N–H and O–H groups in total. The Morgan fingerprint density at radius 2 is 1.90 bits per heavy atom. The maximum atomic E-state index is 3.43. The third-order valence-corrected chi connectivity index (χ3v) is 5.47. The first-order valence-electron chi connectivity index (χ1n) is 7.72. The van der Waals surface area contributed by atoms with Crippen molar-refractivity contribution in [1.82, 2.24) is 10.2 Å². The number of nitrogens with zero attached hydrogens (tertiary/aromatic N) is 3. The van der Waals surface area contributed by atoms with E-state index in [1.165, 1.54) is 21.5 Å². The van der Waals surface area contributed by atoms with E-state index in [2.05, 4.69) is 50.6 Å². The first-order valence-corrected chi connectivity index (χ1v) is 8.60. The van der Waals surface area contributed by atoms with Crippen LogP contribution >= 0.6 is 11.3 Å². The number of nitrogens with one attached hydrogen (secondary N) is 1. The Hall–Kier alpha value is -1.30. The molecule has 2 aliphatic rings. The summed E-state index contributed by atoms with van der Waals surface area (Å²) in [7, 11) is 2.21. The lowest BCUT2D eigenvalue weighted by molar-refractivity contribution is 0.313. The Morgan fingerprint density at radius 3 is 2.67 bits per heavy atom. The molecule has 4 rings (SSSR count). The smallest absolute Gasteiger partial charge is 0.0683 e. The average Bonchev–Trinajstić information content (AvgIpc) is 3.18. The number of rotatable bonds is 2. The van der Waals surface area contributed by atoms with Crippen LogP contribution < -0.4 is 15.1 Å². The average molecular weight is 302 g/mol. The molecule has 0 saturated carbocycles. The van der Waals surface area contributed by atoms with Crippen molar-refractivity contribution in [1.29, 1.82) is 0 Å². The molecular formula is C16H22N4S. The summed E-state index contributed by atoms with van der Waals surface area (Å²) < 4.78 is 1.41. The fraction of sp³-hybridized carbons (Fsp3) is 0.500. The van der Waals surface area contributed by atoms with Crippen LogP contribution in [0, 0.1) is 0 Å². The van der Waals surface area contributed by atoms with Gasteiger partial charge in [-0.1, -0.05) is 0 Å². The zero-order valence-corrected chi connectivity index (χ0v) is 13.3. The highest BCUT2D eigenvalue weighted by atomic mass is 32.1. The number of benzene rings is 1. The fourth-order valence-corrected chi connectivity index (χ4v) is 4.10. The molecule has 112 valence electrons. The summed E-state index contributed by atoms with van der Waals surface area (Å²) >= 11 is 1.85. The second-order valence-electron chi connectivity index (χ2n) is 6.01. The molecule has 0 radical (unpaired) electrons. The molecule has 2 aliphatic heterocycles. The number of hydrogen-bond donors (Lipinski definition) is 1. The lowest BCUT2D eigenvalue weighted by Crippen LogP contribution is -2.44. The zero-order valence-electron chi connectivity index (χ0n) is 12.5. The molecule has 0 atom stereocenters. The molecule has 2 saturated heterocycles. The number of anilines is 2. The molecule has 0 bridgehead atoms. The summed E-state index contributed by atoms with van der Waals surface area (Å²) in [5.41, 5.74) is 2.78. The molecule has 5 heteroatoms. The van der Waals surface area contributed by atoms with E-state index in [9.17, 15) is 0 Å². The van der Waals surface area contributed by atoms with Gasteiger partial charge in [-0.15, -0.1) is 11.3 Å². The number of piperazine rings is 1. The molecular weight excluding hydrogens is 280 g/mol. The molecule has 0 spiro atoms. The predicted molar refractivity (Wildman–Crippen MR) is 91.8 cm³/mol. The van der Waals surface area contributed by atoms with Gasteiger partial charge in [-0.3, -0.25) is 5.32 Å². The Labute approximate surface area is 129 Å². The highest BCUT2D eigenvalue weighted by Crippen LogP contribution is 2.36. The molecule has 4 nitrogen and oxygen atoms in total. The van der Waals surface area contributed by atoms with E-state index in [1.54, 1.807) is 0 Å². The van der Waals surface area contributed by atoms with Crippen LogP contribution in [-0.4, -0.2) is 57.9 Å². The van der Waals surface area contributed by atoms with Crippen molar-refractivity contribution in [2.45, 2.75) is 0 Å². The van der Waals surface area contributed by atoms with Crippen molar-refractivity contribution < 1.29 is 0 Å². The Kier molecular flexibility index (Phi) is 3.49. The van der Waals surface area contributed by atoms with Gasteiger partial charge in [-0.05, 0) is 30.6 Å². The largest absolute Gasteiger partial charge is 0.368 e. The van der Waals surface area contributed by atoms with Gasteiger partial charge < -0.3 is 14.7 Å². The minimum atomic E-state index is 0.971. The van der Waals surface area contributed by atoms with Crippen LogP contribution in [0.15, 0.2) is 23.6 Å². The van der Waals surface area contributed by atoms with Crippen molar-refractivity contribution >= 4 is 32.8 Å². The fourth-order valence-electron chi connectivity index (χ4n) is 3.26. The normalized spacial score (nSPS) is 20.6. The van der Waals surface area contributed by atoms with E-state index in [1.807, 2.05) is 11.3 Å². The summed E-state index contributed by atoms with van der Waals surface area (Å²) in [6.45, 7) is 7.74. The first-order chi connectivity index (χ1) is 10.3. The van der Waals surface area contributed by atoms with Crippen LogP contribution in [0.25, 0.3) is 10.1 Å². The van der Waals surface area contributed by atoms with Crippen LogP contribution in [0.1, 0.15) is 0 Å². The zero-order chi connectivity index (χ0) is 14.2. The van der Waals surface area contributed by atoms with Crippen molar-refractivity contribution in [2.24, 2.45) is 0 Å². The first kappa shape index (κ1) is 13.4.